The lowest BCUT2D eigenvalue weighted by Gasteiger charge is -2.31. The summed E-state index contributed by atoms with van der Waals surface area (Å²) in [5.41, 5.74) is 0.821. The van der Waals surface area contributed by atoms with Crippen molar-refractivity contribution in [2.45, 2.75) is 44.1 Å². The van der Waals surface area contributed by atoms with Gasteiger partial charge in [0.25, 0.3) is 0 Å². The van der Waals surface area contributed by atoms with Gasteiger partial charge in [-0.05, 0) is 67.3 Å². The third-order valence-corrected chi connectivity index (χ3v) is 9.15. The number of aromatic hydroxyl groups is 1. The summed E-state index contributed by atoms with van der Waals surface area (Å²) < 4.78 is 62.6. The molecule has 0 bridgehead atoms. The smallest absolute Gasteiger partial charge is 0.316 e. The lowest BCUT2D eigenvalue weighted by atomic mass is 9.98. The summed E-state index contributed by atoms with van der Waals surface area (Å²) in [5.74, 6) is 0.0664. The summed E-state index contributed by atoms with van der Waals surface area (Å²) in [6, 6.07) is 10.3. The minimum atomic E-state index is -3.70. The molecule has 1 atom stereocenters. The number of hydrogen-bond acceptors (Lipinski definition) is 13. The maximum absolute atomic E-state index is 13.2. The van der Waals surface area contributed by atoms with Gasteiger partial charge in [-0.25, -0.2) is 8.42 Å². The molecule has 0 radical (unpaired) electrons. The summed E-state index contributed by atoms with van der Waals surface area (Å²) >= 11 is 0. The highest BCUT2D eigenvalue weighted by Gasteiger charge is 2.29. The van der Waals surface area contributed by atoms with Crippen LogP contribution in [0.2, 0.25) is 0 Å². The Bertz CT molecular complexity index is 1630. The predicted octanol–water partition coefficient (Wildman–Crippen LogP) is 2.60. The van der Waals surface area contributed by atoms with E-state index in [2.05, 4.69) is 24.6 Å². The quantitative estimate of drug-likeness (QED) is 0.245. The zero-order valence-electron chi connectivity index (χ0n) is 22.7. The highest BCUT2D eigenvalue weighted by molar-refractivity contribution is 7.89. The SMILES string of the molecule is C.COC(=O)CCc1nc(-c2ccc(S(=O)(=O)N3CCC(CNC[C@@H](O)c4ccc(O)c(N=S(=O)=O)c4)CC3)cc2)no1. The van der Waals surface area contributed by atoms with Gasteiger partial charge in [0.1, 0.15) is 11.4 Å². The number of carbonyl (C=O) groups is 1. The largest absolute Gasteiger partial charge is 0.506 e. The molecule has 0 aliphatic carbocycles. The van der Waals surface area contributed by atoms with Crippen LogP contribution in [0.4, 0.5) is 5.69 Å². The van der Waals surface area contributed by atoms with E-state index in [9.17, 15) is 31.8 Å². The zero-order valence-corrected chi connectivity index (χ0v) is 24.3. The molecular formula is C27H35N5O9S2. The fourth-order valence-corrected chi connectivity index (χ4v) is 6.28. The Kier molecular flexibility index (Phi) is 11.9. The zero-order chi connectivity index (χ0) is 30.3. The van der Waals surface area contributed by atoms with Crippen LogP contribution in [-0.4, -0.2) is 80.8 Å². The van der Waals surface area contributed by atoms with Crippen LogP contribution in [-0.2, 0) is 36.5 Å². The van der Waals surface area contributed by atoms with E-state index in [-0.39, 0.29) is 66.7 Å². The van der Waals surface area contributed by atoms with E-state index >= 15 is 0 Å². The van der Waals surface area contributed by atoms with Gasteiger partial charge in [-0.1, -0.05) is 18.6 Å². The van der Waals surface area contributed by atoms with Gasteiger partial charge in [0.05, 0.1) is 24.5 Å². The van der Waals surface area contributed by atoms with Crippen LogP contribution >= 0.6 is 0 Å². The van der Waals surface area contributed by atoms with Crippen molar-refractivity contribution in [3.05, 3.63) is 53.9 Å². The molecular weight excluding hydrogens is 602 g/mol. The number of aliphatic hydroxyl groups excluding tert-OH is 1. The Balaban J connectivity index is 0.00000506. The van der Waals surface area contributed by atoms with E-state index in [0.29, 0.717) is 43.6 Å². The molecule has 2 aromatic carbocycles. The normalized spacial score (nSPS) is 14.9. The van der Waals surface area contributed by atoms with Gasteiger partial charge >= 0.3 is 16.5 Å². The number of sulfonamides is 1. The number of aliphatic hydroxyl groups is 1. The highest BCUT2D eigenvalue weighted by Crippen LogP contribution is 2.30. The van der Waals surface area contributed by atoms with Gasteiger partial charge < -0.3 is 24.8 Å². The Labute approximate surface area is 251 Å². The fourth-order valence-electron chi connectivity index (χ4n) is 4.51. The molecule has 0 spiro atoms. The number of phenols is 1. The van der Waals surface area contributed by atoms with E-state index in [1.165, 1.54) is 41.7 Å². The number of carbonyl (C=O) groups excluding carboxylic acids is 1. The molecule has 1 aliphatic rings. The third kappa shape index (κ3) is 8.90. The number of phenolic OH excluding ortho intramolecular Hbond substituents is 1. The first-order valence-electron chi connectivity index (χ1n) is 13.1. The van der Waals surface area contributed by atoms with Crippen LogP contribution in [0.25, 0.3) is 11.4 Å². The summed E-state index contributed by atoms with van der Waals surface area (Å²) in [4.78, 5) is 15.7. The third-order valence-electron chi connectivity index (χ3n) is 6.89. The summed E-state index contributed by atoms with van der Waals surface area (Å²) in [6.07, 6.45) is 0.657. The number of hydrogen-bond donors (Lipinski definition) is 3. The molecule has 0 amide bonds. The second-order valence-electron chi connectivity index (χ2n) is 9.69. The van der Waals surface area contributed by atoms with Crippen LogP contribution in [0, 0.1) is 5.92 Å². The molecule has 3 aromatic rings. The van der Waals surface area contributed by atoms with Crippen molar-refractivity contribution >= 4 is 32.2 Å². The van der Waals surface area contributed by atoms with E-state index < -0.39 is 26.6 Å². The first-order valence-corrected chi connectivity index (χ1v) is 15.6. The van der Waals surface area contributed by atoms with Crippen LogP contribution in [0.15, 0.2) is 56.2 Å². The Morgan fingerprint density at radius 3 is 2.56 bits per heavy atom. The van der Waals surface area contributed by atoms with E-state index in [1.807, 2.05) is 0 Å². The number of methoxy groups -OCH3 is 1. The maximum Gasteiger partial charge on any atom is 0.316 e. The minimum Gasteiger partial charge on any atom is -0.506 e. The average Bonchev–Trinajstić information content (AvgIpc) is 3.46. The second-order valence-corrected chi connectivity index (χ2v) is 12.2. The van der Waals surface area contributed by atoms with Crippen molar-refractivity contribution in [3.63, 3.8) is 0 Å². The van der Waals surface area contributed by atoms with E-state index in [0.717, 1.165) is 0 Å². The number of rotatable bonds is 12. The van der Waals surface area contributed by atoms with E-state index in [4.69, 9.17) is 4.52 Å². The van der Waals surface area contributed by atoms with Crippen molar-refractivity contribution in [2.75, 3.05) is 33.3 Å². The van der Waals surface area contributed by atoms with Gasteiger partial charge in [0.15, 0.2) is 0 Å². The van der Waals surface area contributed by atoms with Gasteiger partial charge in [0, 0.05) is 31.6 Å². The fraction of sp³-hybridized carbons (Fsp3) is 0.444. The Hall–Kier alpha value is -3.70. The van der Waals surface area contributed by atoms with Gasteiger partial charge in [-0.15, -0.1) is 4.36 Å². The number of benzene rings is 2. The Morgan fingerprint density at radius 1 is 1.21 bits per heavy atom. The molecule has 43 heavy (non-hydrogen) atoms. The van der Waals surface area contributed by atoms with Crippen molar-refractivity contribution in [2.24, 2.45) is 10.3 Å². The maximum atomic E-state index is 13.2. The molecule has 1 aromatic heterocycles. The minimum absolute atomic E-state index is 0. The predicted molar refractivity (Wildman–Crippen MR) is 155 cm³/mol. The number of nitrogens with one attached hydrogen (secondary N) is 1. The number of ether oxygens (including phenoxy) is 1. The molecule has 4 rings (SSSR count). The standard InChI is InChI=1S/C26H31N5O9S2.CH4/c1-39-25(34)9-8-24-28-26(29-40-24)18-2-5-20(6-3-18)42(37,38)31-12-10-17(11-13-31)15-27-16-23(33)19-4-7-22(32)21(14-19)30-41(35)36;/h2-7,14,17,23,27,32-33H,8-13,15-16H2,1H3;1H4/t23-;/m1./s1. The molecule has 1 fully saturated rings. The van der Waals surface area contributed by atoms with Crippen molar-refractivity contribution in [3.8, 4) is 17.1 Å². The molecule has 16 heteroatoms. The molecule has 0 saturated carbocycles. The molecule has 1 saturated heterocycles. The monoisotopic (exact) mass is 637 g/mol. The number of esters is 1. The number of aryl methyl sites for hydroxylation is 1. The number of aromatic nitrogens is 2. The van der Waals surface area contributed by atoms with Gasteiger partial charge in [0.2, 0.25) is 21.7 Å². The average molecular weight is 638 g/mol. The molecule has 3 N–H and O–H groups in total. The molecule has 0 unspecified atom stereocenters. The molecule has 1 aliphatic heterocycles. The first kappa shape index (κ1) is 33.8. The topological polar surface area (TPSA) is 202 Å². The number of nitrogens with zero attached hydrogens (tertiary/aromatic N) is 4. The lowest BCUT2D eigenvalue weighted by molar-refractivity contribution is -0.140. The van der Waals surface area contributed by atoms with E-state index in [1.54, 1.807) is 12.1 Å². The summed E-state index contributed by atoms with van der Waals surface area (Å²) in [7, 11) is -5.14. The first-order chi connectivity index (χ1) is 20.1. The van der Waals surface area contributed by atoms with Crippen LogP contribution in [0.5, 0.6) is 5.75 Å². The number of piperidine rings is 1. The highest BCUT2D eigenvalue weighted by atomic mass is 32.2. The lowest BCUT2D eigenvalue weighted by Crippen LogP contribution is -2.41. The molecule has 234 valence electrons. The summed E-state index contributed by atoms with van der Waals surface area (Å²) in [6.45, 7) is 1.44. The molecule has 2 heterocycles. The van der Waals surface area contributed by atoms with Gasteiger partial charge in [-0.2, -0.15) is 17.7 Å². The van der Waals surface area contributed by atoms with Crippen molar-refractivity contribution in [1.29, 1.82) is 0 Å². The summed E-state index contributed by atoms with van der Waals surface area (Å²) in [5, 5.41) is 27.3. The van der Waals surface area contributed by atoms with Gasteiger partial charge in [-0.3, -0.25) is 4.79 Å². The van der Waals surface area contributed by atoms with Crippen molar-refractivity contribution in [1.82, 2.24) is 19.8 Å². The second kappa shape index (κ2) is 15.2. The Morgan fingerprint density at radius 2 is 1.91 bits per heavy atom. The van der Waals surface area contributed by atoms with Crippen LogP contribution in [0.1, 0.15) is 44.2 Å². The van der Waals surface area contributed by atoms with Crippen molar-refractivity contribution < 1.29 is 41.1 Å². The van der Waals surface area contributed by atoms with Crippen LogP contribution < -0.4 is 5.32 Å². The molecule has 14 nitrogen and oxygen atoms in total. The van der Waals surface area contributed by atoms with Crippen LogP contribution in [0.3, 0.4) is 0 Å².